The van der Waals surface area contributed by atoms with Crippen LogP contribution in [-0.2, 0) is 13.6 Å². The van der Waals surface area contributed by atoms with Crippen molar-refractivity contribution in [1.29, 1.82) is 0 Å². The summed E-state index contributed by atoms with van der Waals surface area (Å²) in [6, 6.07) is 2.25. The monoisotopic (exact) mass is 235 g/mol. The molecule has 86 valence electrons. The van der Waals surface area contributed by atoms with Crippen LogP contribution in [-0.4, -0.2) is 16.8 Å². The van der Waals surface area contributed by atoms with Crippen LogP contribution in [0.1, 0.15) is 16.3 Å². The van der Waals surface area contributed by atoms with Crippen LogP contribution in [0.25, 0.3) is 11.1 Å². The maximum absolute atomic E-state index is 4.45. The summed E-state index contributed by atoms with van der Waals surface area (Å²) in [6.07, 6.45) is 0. The first-order chi connectivity index (χ1) is 7.63. The first-order valence-electron chi connectivity index (χ1n) is 5.36. The van der Waals surface area contributed by atoms with E-state index < -0.39 is 0 Å². The van der Waals surface area contributed by atoms with E-state index in [1.165, 1.54) is 21.7 Å². The lowest BCUT2D eigenvalue weighted by Gasteiger charge is -1.98. The number of nitrogens with one attached hydrogen (secondary N) is 1. The first-order valence-corrected chi connectivity index (χ1v) is 6.24. The molecule has 0 unspecified atom stereocenters. The topological polar surface area (TPSA) is 29.9 Å². The van der Waals surface area contributed by atoms with Crippen molar-refractivity contribution in [2.24, 2.45) is 7.05 Å². The Morgan fingerprint density at radius 2 is 2.19 bits per heavy atom. The molecule has 0 saturated heterocycles. The van der Waals surface area contributed by atoms with E-state index in [1.54, 1.807) is 11.3 Å². The summed E-state index contributed by atoms with van der Waals surface area (Å²) >= 11 is 1.80. The maximum Gasteiger partial charge on any atom is 0.0675 e. The van der Waals surface area contributed by atoms with Crippen LogP contribution in [0.4, 0.5) is 0 Å². The smallest absolute Gasteiger partial charge is 0.0675 e. The Morgan fingerprint density at radius 3 is 2.75 bits per heavy atom. The molecule has 3 nitrogen and oxygen atoms in total. The van der Waals surface area contributed by atoms with Crippen molar-refractivity contribution in [1.82, 2.24) is 15.1 Å². The van der Waals surface area contributed by atoms with Crippen LogP contribution >= 0.6 is 11.3 Å². The summed E-state index contributed by atoms with van der Waals surface area (Å²) in [7, 11) is 3.96. The minimum atomic E-state index is 0.934. The molecule has 4 heteroatoms. The van der Waals surface area contributed by atoms with Crippen molar-refractivity contribution in [2.75, 3.05) is 7.05 Å². The average Bonchev–Trinajstić information content (AvgIpc) is 2.75. The predicted molar refractivity (Wildman–Crippen MR) is 68.8 cm³/mol. The van der Waals surface area contributed by atoms with Crippen molar-refractivity contribution in [3.05, 3.63) is 27.7 Å². The van der Waals surface area contributed by atoms with Crippen molar-refractivity contribution in [2.45, 2.75) is 20.4 Å². The Morgan fingerprint density at radius 1 is 1.44 bits per heavy atom. The zero-order valence-electron chi connectivity index (χ0n) is 10.2. The molecular formula is C12H17N3S. The highest BCUT2D eigenvalue weighted by molar-refractivity contribution is 7.10. The third-order valence-electron chi connectivity index (χ3n) is 2.80. The van der Waals surface area contributed by atoms with Crippen molar-refractivity contribution in [3.63, 3.8) is 0 Å². The number of rotatable bonds is 3. The molecular weight excluding hydrogens is 218 g/mol. The fourth-order valence-corrected chi connectivity index (χ4v) is 2.86. The van der Waals surface area contributed by atoms with Crippen LogP contribution in [0.5, 0.6) is 0 Å². The van der Waals surface area contributed by atoms with Gasteiger partial charge in [-0.25, -0.2) is 0 Å². The van der Waals surface area contributed by atoms with E-state index in [-0.39, 0.29) is 0 Å². The van der Waals surface area contributed by atoms with Crippen LogP contribution in [0.15, 0.2) is 11.4 Å². The molecule has 0 atom stereocenters. The van der Waals surface area contributed by atoms with E-state index in [1.807, 2.05) is 18.8 Å². The van der Waals surface area contributed by atoms with Gasteiger partial charge in [0.15, 0.2) is 0 Å². The predicted octanol–water partition coefficient (Wildman–Crippen LogP) is 2.48. The second-order valence-corrected chi connectivity index (χ2v) is 5.00. The van der Waals surface area contributed by atoms with E-state index in [0.717, 1.165) is 12.2 Å². The molecule has 0 amide bonds. The van der Waals surface area contributed by atoms with Gasteiger partial charge in [0.25, 0.3) is 0 Å². The Balaban J connectivity index is 2.42. The highest BCUT2D eigenvalue weighted by atomic mass is 32.1. The van der Waals surface area contributed by atoms with Gasteiger partial charge in [0, 0.05) is 29.7 Å². The summed E-state index contributed by atoms with van der Waals surface area (Å²) in [4.78, 5) is 1.36. The van der Waals surface area contributed by atoms with E-state index in [4.69, 9.17) is 0 Å². The third kappa shape index (κ3) is 1.90. The largest absolute Gasteiger partial charge is 0.315 e. The van der Waals surface area contributed by atoms with Gasteiger partial charge in [-0.2, -0.15) is 5.10 Å². The molecule has 0 aliphatic rings. The number of thiophene rings is 1. The van der Waals surface area contributed by atoms with Gasteiger partial charge in [0.05, 0.1) is 5.69 Å². The lowest BCUT2D eigenvalue weighted by Crippen LogP contribution is -2.02. The minimum absolute atomic E-state index is 0.934. The summed E-state index contributed by atoms with van der Waals surface area (Å²) in [5.41, 5.74) is 4.90. The molecule has 16 heavy (non-hydrogen) atoms. The van der Waals surface area contributed by atoms with Gasteiger partial charge >= 0.3 is 0 Å². The van der Waals surface area contributed by atoms with Gasteiger partial charge in [-0.05, 0) is 37.9 Å². The Kier molecular flexibility index (Phi) is 3.12. The van der Waals surface area contributed by atoms with Crippen LogP contribution < -0.4 is 5.32 Å². The zero-order valence-corrected chi connectivity index (χ0v) is 11.0. The number of aromatic nitrogens is 2. The highest BCUT2D eigenvalue weighted by Gasteiger charge is 2.12. The molecule has 0 saturated carbocycles. The van der Waals surface area contributed by atoms with Gasteiger partial charge in [-0.15, -0.1) is 11.3 Å². The van der Waals surface area contributed by atoms with Crippen LogP contribution in [0.2, 0.25) is 0 Å². The molecule has 2 aromatic heterocycles. The average molecular weight is 235 g/mol. The standard InChI is InChI=1S/C12H17N3S/c1-8-12(9(2)15(4)14-8)10-5-11(6-13-3)16-7-10/h5,7,13H,6H2,1-4H3. The van der Waals surface area contributed by atoms with Gasteiger partial charge < -0.3 is 5.32 Å². The molecule has 0 fully saturated rings. The number of hydrogen-bond donors (Lipinski definition) is 1. The fraction of sp³-hybridized carbons (Fsp3) is 0.417. The van der Waals surface area contributed by atoms with Crippen molar-refractivity contribution in [3.8, 4) is 11.1 Å². The van der Waals surface area contributed by atoms with E-state index in [9.17, 15) is 0 Å². The summed E-state index contributed by atoms with van der Waals surface area (Å²) < 4.78 is 1.94. The van der Waals surface area contributed by atoms with Gasteiger partial charge in [-0.3, -0.25) is 4.68 Å². The molecule has 2 aromatic rings. The number of aryl methyl sites for hydroxylation is 2. The minimum Gasteiger partial charge on any atom is -0.315 e. The molecule has 0 aromatic carbocycles. The second kappa shape index (κ2) is 4.39. The Labute approximate surface area is 100 Å². The summed E-state index contributed by atoms with van der Waals surface area (Å²) in [5, 5.41) is 9.83. The molecule has 1 N–H and O–H groups in total. The maximum atomic E-state index is 4.45. The lowest BCUT2D eigenvalue weighted by molar-refractivity contribution is 0.731. The van der Waals surface area contributed by atoms with Crippen LogP contribution in [0.3, 0.4) is 0 Å². The van der Waals surface area contributed by atoms with Crippen molar-refractivity contribution < 1.29 is 0 Å². The molecule has 0 aliphatic heterocycles. The van der Waals surface area contributed by atoms with E-state index >= 15 is 0 Å². The number of nitrogens with zero attached hydrogens (tertiary/aromatic N) is 2. The third-order valence-corrected chi connectivity index (χ3v) is 3.74. The van der Waals surface area contributed by atoms with Crippen LogP contribution in [0, 0.1) is 13.8 Å². The SMILES string of the molecule is CNCc1cc(-c2c(C)nn(C)c2C)cs1. The number of hydrogen-bond acceptors (Lipinski definition) is 3. The Bertz CT molecular complexity index is 496. The molecule has 0 spiro atoms. The molecule has 0 bridgehead atoms. The van der Waals surface area contributed by atoms with E-state index in [0.29, 0.717) is 0 Å². The van der Waals surface area contributed by atoms with Gasteiger partial charge in [-0.1, -0.05) is 0 Å². The Hall–Kier alpha value is -1.13. The quantitative estimate of drug-likeness (QED) is 0.885. The van der Waals surface area contributed by atoms with Gasteiger partial charge in [0.2, 0.25) is 0 Å². The molecule has 0 aliphatic carbocycles. The fourth-order valence-electron chi connectivity index (χ4n) is 1.97. The van der Waals surface area contributed by atoms with E-state index in [2.05, 4.69) is 35.7 Å². The lowest BCUT2D eigenvalue weighted by atomic mass is 10.1. The normalized spacial score (nSPS) is 11.0. The second-order valence-electron chi connectivity index (χ2n) is 4.00. The zero-order chi connectivity index (χ0) is 11.7. The van der Waals surface area contributed by atoms with Gasteiger partial charge in [0.1, 0.15) is 0 Å². The molecule has 2 heterocycles. The molecule has 0 radical (unpaired) electrons. The highest BCUT2D eigenvalue weighted by Crippen LogP contribution is 2.30. The summed E-state index contributed by atoms with van der Waals surface area (Å²) in [5.74, 6) is 0. The first kappa shape index (κ1) is 11.4. The van der Waals surface area contributed by atoms with Crippen molar-refractivity contribution >= 4 is 11.3 Å². The summed E-state index contributed by atoms with van der Waals surface area (Å²) in [6.45, 7) is 5.12. The molecule has 2 rings (SSSR count).